The third-order valence-corrected chi connectivity index (χ3v) is 6.90. The second-order valence-electron chi connectivity index (χ2n) is 9.21. The molecule has 1 aliphatic heterocycles. The van der Waals surface area contributed by atoms with E-state index in [4.69, 9.17) is 4.98 Å². The smallest absolute Gasteiger partial charge is 0.0725 e. The summed E-state index contributed by atoms with van der Waals surface area (Å²) in [7, 11) is 0. The molecule has 1 aliphatic rings. The lowest BCUT2D eigenvalue weighted by Gasteiger charge is -2.24. The molecule has 3 heterocycles. The summed E-state index contributed by atoms with van der Waals surface area (Å²) < 4.78 is 0. The zero-order chi connectivity index (χ0) is 23.9. The molecule has 1 atom stereocenters. The number of hydrogen-bond donors (Lipinski definition) is 1. The summed E-state index contributed by atoms with van der Waals surface area (Å²) in [5.41, 5.74) is 9.91. The van der Waals surface area contributed by atoms with E-state index >= 15 is 0 Å². The van der Waals surface area contributed by atoms with Gasteiger partial charge < -0.3 is 5.32 Å². The first kappa shape index (κ1) is 20.6. The quantitative estimate of drug-likeness (QED) is 0.288. The van der Waals surface area contributed by atoms with Crippen molar-refractivity contribution in [3.63, 3.8) is 0 Å². The van der Waals surface area contributed by atoms with Gasteiger partial charge in [0.2, 0.25) is 0 Å². The highest BCUT2D eigenvalue weighted by Gasteiger charge is 2.16. The first-order valence-corrected chi connectivity index (χ1v) is 12.2. The minimum absolute atomic E-state index is 0.0840. The number of rotatable bonds is 3. The summed E-state index contributed by atoms with van der Waals surface area (Å²) in [6.45, 7) is 0. The van der Waals surface area contributed by atoms with E-state index in [2.05, 4.69) is 113 Å². The van der Waals surface area contributed by atoms with Crippen molar-refractivity contribution in [1.29, 1.82) is 0 Å². The number of anilines is 1. The molecular formula is C33H23N3. The average Bonchev–Trinajstić information content (AvgIpc) is 2.96. The Hall–Kier alpha value is -4.76. The van der Waals surface area contributed by atoms with Crippen molar-refractivity contribution in [3.8, 4) is 22.4 Å². The van der Waals surface area contributed by atoms with Gasteiger partial charge in [-0.3, -0.25) is 4.98 Å². The van der Waals surface area contributed by atoms with Crippen LogP contribution in [0, 0.1) is 0 Å². The number of para-hydroxylation sites is 1. The van der Waals surface area contributed by atoms with Crippen molar-refractivity contribution >= 4 is 33.6 Å². The monoisotopic (exact) mass is 461 g/mol. The molecule has 4 aromatic carbocycles. The van der Waals surface area contributed by atoms with E-state index in [0.29, 0.717) is 0 Å². The number of hydrogen-bond acceptors (Lipinski definition) is 3. The van der Waals surface area contributed by atoms with Gasteiger partial charge >= 0.3 is 0 Å². The van der Waals surface area contributed by atoms with Crippen molar-refractivity contribution in [2.75, 3.05) is 5.32 Å². The molecule has 0 bridgehead atoms. The molecule has 2 aromatic heterocycles. The van der Waals surface area contributed by atoms with Crippen LogP contribution in [0.2, 0.25) is 0 Å². The van der Waals surface area contributed by atoms with Crippen molar-refractivity contribution < 1.29 is 0 Å². The van der Waals surface area contributed by atoms with Crippen LogP contribution in [0.15, 0.2) is 121 Å². The van der Waals surface area contributed by atoms with Gasteiger partial charge in [0.1, 0.15) is 0 Å². The highest BCUT2D eigenvalue weighted by atomic mass is 14.9. The van der Waals surface area contributed by atoms with E-state index in [1.165, 1.54) is 22.3 Å². The lowest BCUT2D eigenvalue weighted by Crippen LogP contribution is -2.12. The van der Waals surface area contributed by atoms with Gasteiger partial charge in [-0.15, -0.1) is 0 Å². The molecule has 1 N–H and O–H groups in total. The Balaban J connectivity index is 1.22. The number of pyridine rings is 2. The molecular weight excluding hydrogens is 438 g/mol. The molecule has 0 saturated carbocycles. The van der Waals surface area contributed by atoms with Gasteiger partial charge in [-0.2, -0.15) is 0 Å². The van der Waals surface area contributed by atoms with E-state index in [9.17, 15) is 0 Å². The Bertz CT molecular complexity index is 1770. The van der Waals surface area contributed by atoms with Crippen LogP contribution in [-0.4, -0.2) is 9.97 Å². The van der Waals surface area contributed by atoms with Crippen LogP contribution >= 0.6 is 0 Å². The number of fused-ring (bicyclic) bond motifs is 3. The average molecular weight is 462 g/mol. The molecule has 0 fully saturated rings. The standard InChI is InChI=1S/C33H23N3/c1-2-6-22(7-3-1)25-12-10-23-14-16-30(35-32(23)19-25)27-13-11-24-15-17-31(36-33(24)20-27)28-18-26-8-4-5-9-29(26)34-21-28/h1-21,30,35H. The van der Waals surface area contributed by atoms with Gasteiger partial charge in [-0.25, -0.2) is 4.98 Å². The number of aromatic nitrogens is 2. The SMILES string of the molecule is C1=CC(c2ccc3ccc(-c4cnc5ccccc5c4)nc3c2)Nc2cc(-c3ccccc3)ccc21. The first-order valence-electron chi connectivity index (χ1n) is 12.2. The molecule has 0 radical (unpaired) electrons. The minimum atomic E-state index is 0.0840. The summed E-state index contributed by atoms with van der Waals surface area (Å²) >= 11 is 0. The zero-order valence-electron chi connectivity index (χ0n) is 19.6. The summed E-state index contributed by atoms with van der Waals surface area (Å²) in [5.74, 6) is 0. The molecule has 170 valence electrons. The van der Waals surface area contributed by atoms with Crippen molar-refractivity contribution in [2.24, 2.45) is 0 Å². The predicted octanol–water partition coefficient (Wildman–Crippen LogP) is 8.30. The maximum Gasteiger partial charge on any atom is 0.0725 e. The fourth-order valence-electron chi connectivity index (χ4n) is 4.95. The second-order valence-corrected chi connectivity index (χ2v) is 9.21. The molecule has 0 aliphatic carbocycles. The summed E-state index contributed by atoms with van der Waals surface area (Å²) in [6, 6.07) is 38.3. The number of nitrogens with one attached hydrogen (secondary N) is 1. The van der Waals surface area contributed by atoms with E-state index in [1.54, 1.807) is 0 Å². The largest absolute Gasteiger partial charge is 0.374 e. The zero-order valence-corrected chi connectivity index (χ0v) is 19.6. The predicted molar refractivity (Wildman–Crippen MR) is 150 cm³/mol. The Morgan fingerprint density at radius 3 is 2.42 bits per heavy atom. The molecule has 6 aromatic rings. The van der Waals surface area contributed by atoms with Gasteiger partial charge in [-0.05, 0) is 52.6 Å². The van der Waals surface area contributed by atoms with Crippen molar-refractivity contribution in [1.82, 2.24) is 9.97 Å². The molecule has 3 nitrogen and oxygen atoms in total. The van der Waals surface area contributed by atoms with Gasteiger partial charge in [0.15, 0.2) is 0 Å². The summed E-state index contributed by atoms with van der Waals surface area (Å²) in [4.78, 5) is 9.63. The fraction of sp³-hybridized carbons (Fsp3) is 0.0303. The summed E-state index contributed by atoms with van der Waals surface area (Å²) in [6.07, 6.45) is 6.34. The highest BCUT2D eigenvalue weighted by Crippen LogP contribution is 2.34. The Kier molecular flexibility index (Phi) is 4.85. The van der Waals surface area contributed by atoms with Crippen molar-refractivity contribution in [3.05, 3.63) is 133 Å². The molecule has 0 saturated heterocycles. The Morgan fingerprint density at radius 1 is 0.611 bits per heavy atom. The third kappa shape index (κ3) is 3.71. The maximum absolute atomic E-state index is 5.01. The molecule has 0 spiro atoms. The normalized spacial score (nSPS) is 14.5. The van der Waals surface area contributed by atoms with Crippen LogP contribution in [0.25, 0.3) is 50.3 Å². The molecule has 36 heavy (non-hydrogen) atoms. The molecule has 7 rings (SSSR count). The minimum Gasteiger partial charge on any atom is -0.374 e. The van der Waals surface area contributed by atoms with E-state index in [-0.39, 0.29) is 6.04 Å². The van der Waals surface area contributed by atoms with Gasteiger partial charge in [0.05, 0.1) is 22.8 Å². The fourth-order valence-corrected chi connectivity index (χ4v) is 4.95. The Labute approximate surface area is 209 Å². The topological polar surface area (TPSA) is 37.8 Å². The van der Waals surface area contributed by atoms with E-state index < -0.39 is 0 Å². The van der Waals surface area contributed by atoms with Gasteiger partial charge in [0, 0.05) is 28.2 Å². The van der Waals surface area contributed by atoms with E-state index in [0.717, 1.165) is 38.8 Å². The summed E-state index contributed by atoms with van der Waals surface area (Å²) in [5, 5.41) is 5.98. The number of nitrogens with zero attached hydrogens (tertiary/aromatic N) is 2. The highest BCUT2D eigenvalue weighted by molar-refractivity contribution is 5.86. The molecule has 3 heteroatoms. The molecule has 1 unspecified atom stereocenters. The van der Waals surface area contributed by atoms with Gasteiger partial charge in [-0.1, -0.05) is 91.0 Å². The van der Waals surface area contributed by atoms with Crippen LogP contribution in [-0.2, 0) is 0 Å². The van der Waals surface area contributed by atoms with E-state index in [1.807, 2.05) is 24.4 Å². The van der Waals surface area contributed by atoms with Crippen LogP contribution in [0.5, 0.6) is 0 Å². The van der Waals surface area contributed by atoms with Crippen LogP contribution in [0.1, 0.15) is 17.2 Å². The second kappa shape index (κ2) is 8.47. The Morgan fingerprint density at radius 2 is 1.47 bits per heavy atom. The lowest BCUT2D eigenvalue weighted by molar-refractivity contribution is 0.981. The van der Waals surface area contributed by atoms with Crippen molar-refractivity contribution in [2.45, 2.75) is 6.04 Å². The lowest BCUT2D eigenvalue weighted by atomic mass is 9.96. The van der Waals surface area contributed by atoms with Crippen LogP contribution in [0.4, 0.5) is 5.69 Å². The maximum atomic E-state index is 5.01. The number of benzene rings is 4. The molecule has 0 amide bonds. The van der Waals surface area contributed by atoms with Crippen LogP contribution < -0.4 is 5.32 Å². The van der Waals surface area contributed by atoms with Gasteiger partial charge in [0.25, 0.3) is 0 Å². The van der Waals surface area contributed by atoms with Crippen LogP contribution in [0.3, 0.4) is 0 Å². The first-order chi connectivity index (χ1) is 17.8. The third-order valence-electron chi connectivity index (χ3n) is 6.90.